The van der Waals surface area contributed by atoms with Crippen molar-refractivity contribution in [3.05, 3.63) is 74.1 Å². The van der Waals surface area contributed by atoms with Gasteiger partial charge < -0.3 is 0 Å². The Labute approximate surface area is 183 Å². The van der Waals surface area contributed by atoms with Crippen LogP contribution in [0.15, 0.2) is 69.2 Å². The molecule has 2 heterocycles. The van der Waals surface area contributed by atoms with Crippen LogP contribution in [0.2, 0.25) is 0 Å². The lowest BCUT2D eigenvalue weighted by Crippen LogP contribution is -2.29. The number of hydrazone groups is 1. The Balaban J connectivity index is 1.52. The molecule has 4 rings (SSSR count). The minimum atomic E-state index is -0.949. The van der Waals surface area contributed by atoms with Gasteiger partial charge in [0.25, 0.3) is 17.3 Å². The third-order valence-electron chi connectivity index (χ3n) is 4.47. The summed E-state index contributed by atoms with van der Waals surface area (Å²) in [7, 11) is 0. The average Bonchev–Trinajstić information content (AvgIpc) is 3.37. The van der Waals surface area contributed by atoms with Gasteiger partial charge in [0.1, 0.15) is 0 Å². The number of rotatable bonds is 6. The standard InChI is InChI=1S/C19H13N7O5S/c1-11-17(22-21-13-5-7-14(8-6-13)25(28)29)18(27)24(23-11)19-20-16(10-32-19)12-3-2-4-15(9-12)26(30)31/h2-10,17H,1H3/t17-/m1/s1. The largest absolute Gasteiger partial charge is 0.282 e. The highest BCUT2D eigenvalue weighted by Gasteiger charge is 2.36. The topological polar surface area (TPSA) is 157 Å². The molecular formula is C19H13N7O5S. The predicted octanol–water partition coefficient (Wildman–Crippen LogP) is 4.50. The van der Waals surface area contributed by atoms with Crippen LogP contribution in [0.4, 0.5) is 22.2 Å². The Kier molecular flexibility index (Phi) is 5.47. The monoisotopic (exact) mass is 451 g/mol. The van der Waals surface area contributed by atoms with Crippen molar-refractivity contribution in [2.24, 2.45) is 15.3 Å². The first-order valence-corrected chi connectivity index (χ1v) is 9.96. The van der Waals surface area contributed by atoms with Crippen LogP contribution in [0.25, 0.3) is 11.3 Å². The number of aromatic nitrogens is 1. The molecule has 32 heavy (non-hydrogen) atoms. The first-order chi connectivity index (χ1) is 15.3. The second-order valence-corrected chi connectivity index (χ2v) is 7.44. The van der Waals surface area contributed by atoms with Crippen LogP contribution in [0, 0.1) is 20.2 Å². The first kappa shape index (κ1) is 20.9. The van der Waals surface area contributed by atoms with Gasteiger partial charge in [0.15, 0.2) is 6.04 Å². The fourth-order valence-corrected chi connectivity index (χ4v) is 3.65. The number of carbonyl (C=O) groups excluding carboxylic acids is 1. The molecule has 160 valence electrons. The van der Waals surface area contributed by atoms with Crippen molar-refractivity contribution in [1.29, 1.82) is 0 Å². The van der Waals surface area contributed by atoms with Crippen LogP contribution in [0.3, 0.4) is 0 Å². The highest BCUT2D eigenvalue weighted by Crippen LogP contribution is 2.32. The summed E-state index contributed by atoms with van der Waals surface area (Å²) in [6.07, 6.45) is 0. The molecule has 0 N–H and O–H groups in total. The van der Waals surface area contributed by atoms with E-state index >= 15 is 0 Å². The van der Waals surface area contributed by atoms with Crippen LogP contribution in [-0.2, 0) is 4.79 Å². The zero-order valence-corrected chi connectivity index (χ0v) is 17.2. The second kappa shape index (κ2) is 8.39. The minimum Gasteiger partial charge on any atom is -0.269 e. The SMILES string of the molecule is CC1=NN(c2nc(-c3cccc([N+](=O)[O-])c3)cs2)C(=O)[C@@H]1N=Nc1ccc([N+](=O)[O-])cc1. The Morgan fingerprint density at radius 2 is 1.78 bits per heavy atom. The number of hydrogen-bond acceptors (Lipinski definition) is 10. The van der Waals surface area contributed by atoms with Gasteiger partial charge >= 0.3 is 0 Å². The van der Waals surface area contributed by atoms with E-state index in [-0.39, 0.29) is 11.4 Å². The molecule has 13 heteroatoms. The number of azo groups is 1. The maximum absolute atomic E-state index is 12.8. The molecule has 0 radical (unpaired) electrons. The molecule has 0 spiro atoms. The maximum atomic E-state index is 12.8. The first-order valence-electron chi connectivity index (χ1n) is 9.08. The van der Waals surface area contributed by atoms with Crippen molar-refractivity contribution in [2.45, 2.75) is 13.0 Å². The van der Waals surface area contributed by atoms with E-state index in [4.69, 9.17) is 0 Å². The number of nitrogens with zero attached hydrogens (tertiary/aromatic N) is 7. The molecule has 0 fully saturated rings. The van der Waals surface area contributed by atoms with E-state index in [2.05, 4.69) is 20.3 Å². The Morgan fingerprint density at radius 1 is 1.06 bits per heavy atom. The number of amides is 1. The molecular weight excluding hydrogens is 438 g/mol. The van der Waals surface area contributed by atoms with Crippen molar-refractivity contribution in [3.8, 4) is 11.3 Å². The van der Waals surface area contributed by atoms with E-state index in [1.807, 2.05) is 0 Å². The highest BCUT2D eigenvalue weighted by molar-refractivity contribution is 7.14. The van der Waals surface area contributed by atoms with Gasteiger partial charge in [-0.25, -0.2) is 4.98 Å². The number of carbonyl (C=O) groups is 1. The third-order valence-corrected chi connectivity index (χ3v) is 5.29. The van der Waals surface area contributed by atoms with E-state index in [1.54, 1.807) is 24.4 Å². The summed E-state index contributed by atoms with van der Waals surface area (Å²) < 4.78 is 0. The fourth-order valence-electron chi connectivity index (χ4n) is 2.86. The molecule has 3 aromatic rings. The lowest BCUT2D eigenvalue weighted by molar-refractivity contribution is -0.385. The van der Waals surface area contributed by atoms with Crippen LogP contribution < -0.4 is 5.01 Å². The third kappa shape index (κ3) is 4.09. The maximum Gasteiger partial charge on any atom is 0.282 e. The Bertz CT molecular complexity index is 1290. The molecule has 1 aliphatic rings. The van der Waals surface area contributed by atoms with E-state index in [0.717, 1.165) is 16.3 Å². The summed E-state index contributed by atoms with van der Waals surface area (Å²) in [6.45, 7) is 1.63. The van der Waals surface area contributed by atoms with Crippen LogP contribution >= 0.6 is 11.3 Å². The van der Waals surface area contributed by atoms with Crippen molar-refractivity contribution >= 4 is 45.1 Å². The summed E-state index contributed by atoms with van der Waals surface area (Å²) in [6, 6.07) is 10.5. The minimum absolute atomic E-state index is 0.0603. The van der Waals surface area contributed by atoms with E-state index < -0.39 is 21.8 Å². The van der Waals surface area contributed by atoms with Gasteiger partial charge in [0.05, 0.1) is 26.9 Å². The van der Waals surface area contributed by atoms with E-state index in [9.17, 15) is 25.0 Å². The Hall–Kier alpha value is -4.39. The number of nitro benzene ring substituents is 2. The molecule has 0 aliphatic carbocycles. The summed E-state index contributed by atoms with van der Waals surface area (Å²) in [5.74, 6) is -0.451. The number of non-ortho nitro benzene ring substituents is 2. The molecule has 0 unspecified atom stereocenters. The van der Waals surface area contributed by atoms with Gasteiger partial charge in [0.2, 0.25) is 5.13 Å². The smallest absolute Gasteiger partial charge is 0.269 e. The zero-order valence-electron chi connectivity index (χ0n) is 16.4. The summed E-state index contributed by atoms with van der Waals surface area (Å²) >= 11 is 1.16. The van der Waals surface area contributed by atoms with Crippen LogP contribution in [0.1, 0.15) is 6.92 Å². The number of hydrogen-bond donors (Lipinski definition) is 0. The highest BCUT2D eigenvalue weighted by atomic mass is 32.1. The lowest BCUT2D eigenvalue weighted by atomic mass is 10.1. The number of nitro groups is 2. The van der Waals surface area contributed by atoms with Gasteiger partial charge in [-0.3, -0.25) is 25.0 Å². The summed E-state index contributed by atoms with van der Waals surface area (Å²) in [5, 5.41) is 37.1. The molecule has 1 amide bonds. The van der Waals surface area contributed by atoms with Crippen molar-refractivity contribution < 1.29 is 14.6 Å². The van der Waals surface area contributed by atoms with E-state index in [0.29, 0.717) is 27.8 Å². The number of thiazole rings is 1. The fraction of sp³-hybridized carbons (Fsp3) is 0.105. The lowest BCUT2D eigenvalue weighted by Gasteiger charge is -2.08. The van der Waals surface area contributed by atoms with Crippen LogP contribution in [-0.4, -0.2) is 32.5 Å². The second-order valence-electron chi connectivity index (χ2n) is 6.61. The molecule has 0 bridgehead atoms. The molecule has 0 saturated heterocycles. The van der Waals surface area contributed by atoms with Gasteiger partial charge in [-0.15, -0.1) is 11.3 Å². The van der Waals surface area contributed by atoms with Gasteiger partial charge in [0, 0.05) is 35.2 Å². The normalized spacial score (nSPS) is 15.9. The van der Waals surface area contributed by atoms with Crippen molar-refractivity contribution in [3.63, 3.8) is 0 Å². The van der Waals surface area contributed by atoms with Crippen molar-refractivity contribution in [1.82, 2.24) is 4.98 Å². The molecule has 1 aliphatic heterocycles. The van der Waals surface area contributed by atoms with Crippen LogP contribution in [0.5, 0.6) is 0 Å². The quantitative estimate of drug-likeness (QED) is 0.305. The summed E-state index contributed by atoms with van der Waals surface area (Å²) in [4.78, 5) is 37.9. The molecule has 2 aromatic carbocycles. The predicted molar refractivity (Wildman–Crippen MR) is 116 cm³/mol. The van der Waals surface area contributed by atoms with Crippen molar-refractivity contribution in [2.75, 3.05) is 5.01 Å². The number of anilines is 1. The molecule has 0 saturated carbocycles. The molecule has 12 nitrogen and oxygen atoms in total. The molecule has 1 atom stereocenters. The molecule has 1 aromatic heterocycles. The zero-order chi connectivity index (χ0) is 22.8. The van der Waals surface area contributed by atoms with Gasteiger partial charge in [-0.05, 0) is 19.1 Å². The van der Waals surface area contributed by atoms with Gasteiger partial charge in [-0.2, -0.15) is 20.3 Å². The average molecular weight is 451 g/mol. The van der Waals surface area contributed by atoms with E-state index in [1.165, 1.54) is 36.4 Å². The van der Waals surface area contributed by atoms with Gasteiger partial charge in [-0.1, -0.05) is 12.1 Å². The number of benzene rings is 2. The summed E-state index contributed by atoms with van der Waals surface area (Å²) in [5.41, 5.74) is 1.65. The Morgan fingerprint density at radius 3 is 2.47 bits per heavy atom.